The monoisotopic (exact) mass is 275 g/mol. The summed E-state index contributed by atoms with van der Waals surface area (Å²) in [5.74, 6) is -1.01. The zero-order valence-corrected chi connectivity index (χ0v) is 9.68. The van der Waals surface area contributed by atoms with Gasteiger partial charge in [-0.15, -0.1) is 0 Å². The molecule has 102 valence electrons. The van der Waals surface area contributed by atoms with E-state index in [9.17, 15) is 17.6 Å². The summed E-state index contributed by atoms with van der Waals surface area (Å²) < 4.78 is 56.6. The molecule has 0 atom stereocenters. The molecule has 0 saturated carbocycles. The zero-order chi connectivity index (χ0) is 14.2. The molecule has 0 amide bonds. The minimum atomic E-state index is -4.68. The van der Waals surface area contributed by atoms with E-state index in [1.165, 1.54) is 13.2 Å². The Morgan fingerprint density at radius 3 is 2.58 bits per heavy atom. The number of H-pyrrole nitrogens is 1. The van der Waals surface area contributed by atoms with E-state index in [2.05, 4.69) is 5.10 Å². The lowest BCUT2D eigenvalue weighted by Crippen LogP contribution is -2.08. The van der Waals surface area contributed by atoms with Crippen molar-refractivity contribution in [2.24, 2.45) is 0 Å². The van der Waals surface area contributed by atoms with Crippen LogP contribution in [0.3, 0.4) is 0 Å². The van der Waals surface area contributed by atoms with Gasteiger partial charge in [-0.1, -0.05) is 0 Å². The summed E-state index contributed by atoms with van der Waals surface area (Å²) in [6.07, 6.45) is -4.68. The van der Waals surface area contributed by atoms with Crippen molar-refractivity contribution in [3.05, 3.63) is 29.7 Å². The lowest BCUT2D eigenvalue weighted by Gasteiger charge is -2.11. The van der Waals surface area contributed by atoms with E-state index in [1.807, 2.05) is 0 Å². The second-order valence-corrected chi connectivity index (χ2v) is 3.70. The summed E-state index contributed by atoms with van der Waals surface area (Å²) in [5.41, 5.74) is 3.74. The highest BCUT2D eigenvalue weighted by Crippen LogP contribution is 2.42. The predicted molar refractivity (Wildman–Crippen MR) is 59.9 cm³/mol. The number of rotatable bonds is 2. The van der Waals surface area contributed by atoms with Gasteiger partial charge in [0.2, 0.25) is 0 Å². The van der Waals surface area contributed by atoms with Crippen molar-refractivity contribution in [3.63, 3.8) is 0 Å². The normalized spacial score (nSPS) is 11.6. The molecule has 8 heteroatoms. The molecule has 2 rings (SSSR count). The molecule has 1 aromatic carbocycles. The highest BCUT2D eigenvalue weighted by molar-refractivity contribution is 5.81. The van der Waals surface area contributed by atoms with Gasteiger partial charge in [-0.2, -0.15) is 18.3 Å². The third-order valence-electron chi connectivity index (χ3n) is 2.51. The highest BCUT2D eigenvalue weighted by Gasteiger charge is 2.38. The molecule has 0 unspecified atom stereocenters. The third-order valence-corrected chi connectivity index (χ3v) is 2.51. The Bertz CT molecular complexity index is 606. The van der Waals surface area contributed by atoms with Gasteiger partial charge in [-0.25, -0.2) is 4.39 Å². The first-order chi connectivity index (χ1) is 8.84. The average molecular weight is 275 g/mol. The molecule has 0 saturated heterocycles. The molecule has 1 heterocycles. The number of nitrogen functional groups attached to an aromatic ring is 1. The van der Waals surface area contributed by atoms with Crippen LogP contribution in [0.2, 0.25) is 0 Å². The zero-order valence-electron chi connectivity index (χ0n) is 9.68. The Kier molecular flexibility index (Phi) is 3.09. The van der Waals surface area contributed by atoms with Gasteiger partial charge >= 0.3 is 6.18 Å². The van der Waals surface area contributed by atoms with Crippen LogP contribution in [0.5, 0.6) is 5.75 Å². The number of alkyl halides is 3. The lowest BCUT2D eigenvalue weighted by atomic mass is 10.0. The van der Waals surface area contributed by atoms with E-state index in [0.717, 1.165) is 12.1 Å². The van der Waals surface area contributed by atoms with Crippen LogP contribution in [0.25, 0.3) is 11.1 Å². The van der Waals surface area contributed by atoms with E-state index in [0.29, 0.717) is 0 Å². The van der Waals surface area contributed by atoms with Gasteiger partial charge in [0.05, 0.1) is 12.7 Å². The molecule has 0 spiro atoms. The smallest absolute Gasteiger partial charge is 0.433 e. The molecule has 0 aliphatic carbocycles. The fourth-order valence-electron chi connectivity index (χ4n) is 1.71. The molecule has 1 aromatic heterocycles. The molecule has 3 N–H and O–H groups in total. The maximum Gasteiger partial charge on any atom is 0.433 e. The highest BCUT2D eigenvalue weighted by atomic mass is 19.4. The van der Waals surface area contributed by atoms with Crippen LogP contribution in [-0.2, 0) is 6.18 Å². The van der Waals surface area contributed by atoms with Crippen LogP contribution in [0.15, 0.2) is 18.2 Å². The van der Waals surface area contributed by atoms with Crippen molar-refractivity contribution >= 4 is 5.82 Å². The average Bonchev–Trinajstić information content (AvgIpc) is 2.70. The number of halogens is 4. The molecule has 19 heavy (non-hydrogen) atoms. The second-order valence-electron chi connectivity index (χ2n) is 3.70. The van der Waals surface area contributed by atoms with Crippen LogP contribution in [-0.4, -0.2) is 17.3 Å². The van der Waals surface area contributed by atoms with Gasteiger partial charge in [0.15, 0.2) is 5.82 Å². The van der Waals surface area contributed by atoms with Crippen molar-refractivity contribution in [1.82, 2.24) is 10.2 Å². The van der Waals surface area contributed by atoms with Gasteiger partial charge < -0.3 is 10.5 Å². The van der Waals surface area contributed by atoms with Crippen LogP contribution < -0.4 is 10.5 Å². The number of nitrogens with zero attached hydrogens (tertiary/aromatic N) is 1. The Morgan fingerprint density at radius 1 is 1.32 bits per heavy atom. The first kappa shape index (κ1) is 13.2. The first-order valence-electron chi connectivity index (χ1n) is 5.09. The molecular weight excluding hydrogens is 266 g/mol. The number of anilines is 1. The number of aromatic amines is 1. The van der Waals surface area contributed by atoms with E-state index >= 15 is 0 Å². The lowest BCUT2D eigenvalue weighted by molar-refractivity contribution is -0.140. The number of benzene rings is 1. The summed E-state index contributed by atoms with van der Waals surface area (Å²) in [6.45, 7) is 0. The SMILES string of the molecule is COc1ccc(F)cc1-c1c(N)n[nH]c1C(F)(F)F. The van der Waals surface area contributed by atoms with Crippen LogP contribution in [0, 0.1) is 5.82 Å². The summed E-state index contributed by atoms with van der Waals surface area (Å²) >= 11 is 0. The van der Waals surface area contributed by atoms with Crippen molar-refractivity contribution in [2.45, 2.75) is 6.18 Å². The number of nitrogens with two attached hydrogens (primary N) is 1. The summed E-state index contributed by atoms with van der Waals surface area (Å²) in [7, 11) is 1.26. The van der Waals surface area contributed by atoms with E-state index in [-0.39, 0.29) is 17.1 Å². The van der Waals surface area contributed by atoms with Crippen LogP contribution in [0.4, 0.5) is 23.4 Å². The standard InChI is InChI=1S/C11H9F4N3O/c1-19-7-3-2-5(12)4-6(7)8-9(11(13,14)15)17-18-10(8)16/h2-4H,1H3,(H3,16,17,18). The topological polar surface area (TPSA) is 63.9 Å². The Labute approximate surface area is 105 Å². The van der Waals surface area contributed by atoms with E-state index in [4.69, 9.17) is 10.5 Å². The maximum atomic E-state index is 13.2. The van der Waals surface area contributed by atoms with Gasteiger partial charge in [0, 0.05) is 5.56 Å². The summed E-state index contributed by atoms with van der Waals surface area (Å²) in [6, 6.07) is 3.21. The van der Waals surface area contributed by atoms with Crippen LogP contribution >= 0.6 is 0 Å². The van der Waals surface area contributed by atoms with Gasteiger partial charge in [0.25, 0.3) is 0 Å². The van der Waals surface area contributed by atoms with Gasteiger partial charge in [-0.3, -0.25) is 5.10 Å². The Hall–Kier alpha value is -2.25. The molecule has 4 nitrogen and oxygen atoms in total. The van der Waals surface area contributed by atoms with Crippen molar-refractivity contribution in [1.29, 1.82) is 0 Å². The fraction of sp³-hybridized carbons (Fsp3) is 0.182. The summed E-state index contributed by atoms with van der Waals surface area (Å²) in [5, 5.41) is 5.12. The van der Waals surface area contributed by atoms with Crippen molar-refractivity contribution in [2.75, 3.05) is 12.8 Å². The second kappa shape index (κ2) is 4.45. The predicted octanol–water partition coefficient (Wildman–Crippen LogP) is 2.83. The maximum absolute atomic E-state index is 13.2. The number of hydrogen-bond donors (Lipinski definition) is 2. The molecular formula is C11H9F4N3O. The van der Waals surface area contributed by atoms with Crippen molar-refractivity contribution < 1.29 is 22.3 Å². The molecule has 0 aliphatic heterocycles. The Morgan fingerprint density at radius 2 is 2.00 bits per heavy atom. The molecule has 0 bridgehead atoms. The minimum absolute atomic E-state index is 0.0694. The third kappa shape index (κ3) is 2.33. The van der Waals surface area contributed by atoms with Crippen molar-refractivity contribution in [3.8, 4) is 16.9 Å². The first-order valence-corrected chi connectivity index (χ1v) is 5.09. The number of methoxy groups -OCH3 is 1. The van der Waals surface area contributed by atoms with E-state index in [1.54, 1.807) is 5.10 Å². The Balaban J connectivity index is 2.72. The molecule has 2 aromatic rings. The summed E-state index contributed by atoms with van der Waals surface area (Å²) in [4.78, 5) is 0. The quantitative estimate of drug-likeness (QED) is 0.828. The number of ether oxygens (including phenoxy) is 1. The largest absolute Gasteiger partial charge is 0.496 e. The van der Waals surface area contributed by atoms with Crippen LogP contribution in [0.1, 0.15) is 5.69 Å². The number of hydrogen-bond acceptors (Lipinski definition) is 3. The van der Waals surface area contributed by atoms with Gasteiger partial charge in [-0.05, 0) is 18.2 Å². The van der Waals surface area contributed by atoms with E-state index < -0.39 is 23.3 Å². The molecule has 0 aliphatic rings. The minimum Gasteiger partial charge on any atom is -0.496 e. The number of nitrogens with one attached hydrogen (secondary N) is 1. The molecule has 0 fully saturated rings. The van der Waals surface area contributed by atoms with Gasteiger partial charge in [0.1, 0.15) is 17.3 Å². The fourth-order valence-corrected chi connectivity index (χ4v) is 1.71. The number of aromatic nitrogens is 2. The molecule has 0 radical (unpaired) electrons.